The highest BCUT2D eigenvalue weighted by atomic mass is 16.5. The second-order valence-electron chi connectivity index (χ2n) is 6.97. The first kappa shape index (κ1) is 24.4. The highest BCUT2D eigenvalue weighted by Crippen LogP contribution is 2.08. The second-order valence-corrected chi connectivity index (χ2v) is 6.97. The Morgan fingerprint density at radius 3 is 2.16 bits per heavy atom. The number of rotatable bonds is 11. The molecule has 0 heterocycles. The van der Waals surface area contributed by atoms with Crippen LogP contribution in [0.2, 0.25) is 0 Å². The molecule has 10 heteroatoms. The summed E-state index contributed by atoms with van der Waals surface area (Å²) in [7, 11) is 0. The molecule has 0 saturated carbocycles. The topological polar surface area (TPSA) is 162 Å². The maximum Gasteiger partial charge on any atom is 0.407 e. The van der Waals surface area contributed by atoms with Crippen LogP contribution in [0.15, 0.2) is 54.6 Å². The molecule has 0 aliphatic carbocycles. The van der Waals surface area contributed by atoms with Crippen LogP contribution in [0.4, 0.5) is 4.79 Å². The summed E-state index contributed by atoms with van der Waals surface area (Å²) in [5.41, 5.74) is 1.37. The fourth-order valence-corrected chi connectivity index (χ4v) is 2.73. The number of hydrogen-bond acceptors (Lipinski definition) is 6. The molecule has 0 radical (unpaired) electrons. The average molecular weight is 444 g/mol. The monoisotopic (exact) mass is 444 g/mol. The zero-order chi connectivity index (χ0) is 23.5. The van der Waals surface area contributed by atoms with Crippen LogP contribution in [-0.4, -0.2) is 57.9 Å². The molecular weight excluding hydrogens is 420 g/mol. The number of ether oxygens (including phenoxy) is 1. The summed E-state index contributed by atoms with van der Waals surface area (Å²) >= 11 is 0. The Bertz CT molecular complexity index is 931. The number of carbonyl (C=O) groups excluding carboxylic acids is 2. The average Bonchev–Trinajstić information content (AvgIpc) is 2.76. The summed E-state index contributed by atoms with van der Waals surface area (Å²) in [6.07, 6.45) is -2.51. The quantitative estimate of drug-likeness (QED) is 0.345. The van der Waals surface area contributed by atoms with Gasteiger partial charge in [0.1, 0.15) is 12.6 Å². The molecule has 0 aliphatic rings. The van der Waals surface area contributed by atoms with Crippen LogP contribution in [0.1, 0.15) is 27.9 Å². The second kappa shape index (κ2) is 12.1. The number of hydrogen-bond donors (Lipinski definition) is 5. The maximum absolute atomic E-state index is 12.1. The van der Waals surface area contributed by atoms with E-state index in [1.165, 1.54) is 24.3 Å². The van der Waals surface area contributed by atoms with Gasteiger partial charge in [-0.25, -0.2) is 14.4 Å². The Kier molecular flexibility index (Phi) is 9.18. The molecule has 170 valence electrons. The van der Waals surface area contributed by atoms with Gasteiger partial charge in [0.15, 0.2) is 0 Å². The van der Waals surface area contributed by atoms with Crippen molar-refractivity contribution in [1.29, 1.82) is 0 Å². The predicted molar refractivity (Wildman–Crippen MR) is 112 cm³/mol. The molecule has 2 atom stereocenters. The van der Waals surface area contributed by atoms with E-state index in [2.05, 4.69) is 10.6 Å². The summed E-state index contributed by atoms with van der Waals surface area (Å²) in [4.78, 5) is 46.1. The number of nitrogens with one attached hydrogen (secondary N) is 2. The van der Waals surface area contributed by atoms with E-state index in [4.69, 9.17) is 9.84 Å². The SMILES string of the molecule is O=C(C[C@H](O)CNC(=O)OCc1ccccc1)N[C@@H](Cc1ccc(C(=O)O)cc1)C(=O)O. The summed E-state index contributed by atoms with van der Waals surface area (Å²) < 4.78 is 4.99. The van der Waals surface area contributed by atoms with Crippen LogP contribution in [0.25, 0.3) is 0 Å². The third-order valence-electron chi connectivity index (χ3n) is 4.39. The largest absolute Gasteiger partial charge is 0.480 e. The van der Waals surface area contributed by atoms with Gasteiger partial charge in [0.2, 0.25) is 5.91 Å². The van der Waals surface area contributed by atoms with Gasteiger partial charge in [0.05, 0.1) is 18.1 Å². The number of carboxylic acids is 2. The fraction of sp³-hybridized carbons (Fsp3) is 0.273. The molecule has 0 spiro atoms. The van der Waals surface area contributed by atoms with Gasteiger partial charge >= 0.3 is 18.0 Å². The summed E-state index contributed by atoms with van der Waals surface area (Å²) in [6.45, 7) is -0.202. The minimum absolute atomic E-state index is 0.0526. The number of carbonyl (C=O) groups is 4. The first-order chi connectivity index (χ1) is 15.2. The molecule has 0 aromatic heterocycles. The van der Waals surface area contributed by atoms with Crippen LogP contribution < -0.4 is 10.6 Å². The van der Waals surface area contributed by atoms with Crippen LogP contribution in [0, 0.1) is 0 Å². The molecule has 2 aromatic carbocycles. The van der Waals surface area contributed by atoms with Crippen LogP contribution in [0.3, 0.4) is 0 Å². The Balaban J connectivity index is 1.76. The zero-order valence-electron chi connectivity index (χ0n) is 17.1. The Hall–Kier alpha value is -3.92. The van der Waals surface area contributed by atoms with E-state index in [1.807, 2.05) is 6.07 Å². The Labute approximate surface area is 183 Å². The summed E-state index contributed by atoms with van der Waals surface area (Å²) in [5, 5.41) is 32.8. The van der Waals surface area contributed by atoms with Crippen molar-refractivity contribution in [3.63, 3.8) is 0 Å². The Morgan fingerprint density at radius 1 is 0.906 bits per heavy atom. The molecule has 2 rings (SSSR count). The van der Waals surface area contributed by atoms with Gasteiger partial charge in [-0.05, 0) is 23.3 Å². The first-order valence-electron chi connectivity index (χ1n) is 9.71. The van der Waals surface area contributed by atoms with Gasteiger partial charge in [-0.2, -0.15) is 0 Å². The number of amides is 2. The minimum Gasteiger partial charge on any atom is -0.480 e. The zero-order valence-corrected chi connectivity index (χ0v) is 17.1. The van der Waals surface area contributed by atoms with E-state index < -0.39 is 42.5 Å². The van der Waals surface area contributed by atoms with Gasteiger partial charge in [-0.15, -0.1) is 0 Å². The third-order valence-corrected chi connectivity index (χ3v) is 4.39. The molecule has 0 bridgehead atoms. The highest BCUT2D eigenvalue weighted by Gasteiger charge is 2.22. The third kappa shape index (κ3) is 8.44. The molecule has 0 aliphatic heterocycles. The van der Waals surface area contributed by atoms with Crippen molar-refractivity contribution in [3.8, 4) is 0 Å². The molecular formula is C22H24N2O8. The van der Waals surface area contributed by atoms with Crippen molar-refractivity contribution in [2.24, 2.45) is 0 Å². The number of benzene rings is 2. The van der Waals surface area contributed by atoms with Gasteiger partial charge in [0.25, 0.3) is 0 Å². The van der Waals surface area contributed by atoms with Gasteiger partial charge in [-0.3, -0.25) is 4.79 Å². The number of aliphatic carboxylic acids is 1. The molecule has 10 nitrogen and oxygen atoms in total. The van der Waals surface area contributed by atoms with Gasteiger partial charge < -0.3 is 30.7 Å². The van der Waals surface area contributed by atoms with E-state index in [0.29, 0.717) is 5.56 Å². The van der Waals surface area contributed by atoms with E-state index in [-0.39, 0.29) is 25.1 Å². The van der Waals surface area contributed by atoms with E-state index in [9.17, 15) is 29.4 Å². The Morgan fingerprint density at radius 2 is 1.56 bits per heavy atom. The normalized spacial score (nSPS) is 12.3. The van der Waals surface area contributed by atoms with Crippen LogP contribution in [-0.2, 0) is 27.4 Å². The lowest BCUT2D eigenvalue weighted by atomic mass is 10.0. The number of aliphatic hydroxyl groups excluding tert-OH is 1. The van der Waals surface area contributed by atoms with E-state index in [1.54, 1.807) is 24.3 Å². The standard InChI is InChI=1S/C22H24N2O8/c25-17(12-23-22(31)32-13-15-4-2-1-3-5-15)11-19(26)24-18(21(29)30)10-14-6-8-16(9-7-14)20(27)28/h1-9,17-18,25H,10-13H2,(H,23,31)(H,24,26)(H,27,28)(H,29,30)/t17-,18-/m0/s1. The number of alkyl carbamates (subject to hydrolysis) is 1. The van der Waals surface area contributed by atoms with Crippen molar-refractivity contribution in [3.05, 3.63) is 71.3 Å². The molecule has 32 heavy (non-hydrogen) atoms. The number of carboxylic acid groups (broad SMARTS) is 2. The summed E-state index contributed by atoms with van der Waals surface area (Å²) in [6, 6.07) is 13.3. The van der Waals surface area contributed by atoms with Crippen molar-refractivity contribution in [1.82, 2.24) is 10.6 Å². The lowest BCUT2D eigenvalue weighted by molar-refractivity contribution is -0.142. The lowest BCUT2D eigenvalue weighted by Gasteiger charge is -2.17. The maximum atomic E-state index is 12.1. The molecule has 0 saturated heterocycles. The van der Waals surface area contributed by atoms with Gasteiger partial charge in [-0.1, -0.05) is 42.5 Å². The fourth-order valence-electron chi connectivity index (χ4n) is 2.73. The lowest BCUT2D eigenvalue weighted by Crippen LogP contribution is -2.44. The summed E-state index contributed by atoms with van der Waals surface area (Å²) in [5.74, 6) is -3.10. The van der Waals surface area contributed by atoms with Crippen LogP contribution in [0.5, 0.6) is 0 Å². The van der Waals surface area contributed by atoms with Crippen molar-refractivity contribution < 1.29 is 39.2 Å². The smallest absolute Gasteiger partial charge is 0.407 e. The van der Waals surface area contributed by atoms with Crippen LogP contribution >= 0.6 is 0 Å². The molecule has 2 aromatic rings. The predicted octanol–water partition coefficient (Wildman–Crippen LogP) is 1.17. The highest BCUT2D eigenvalue weighted by molar-refractivity contribution is 5.87. The molecule has 2 amide bonds. The number of aliphatic hydroxyl groups is 1. The van der Waals surface area contributed by atoms with Gasteiger partial charge in [0, 0.05) is 13.0 Å². The van der Waals surface area contributed by atoms with Crippen molar-refractivity contribution in [2.45, 2.75) is 31.6 Å². The molecule has 0 unspecified atom stereocenters. The molecule has 5 N–H and O–H groups in total. The van der Waals surface area contributed by atoms with E-state index >= 15 is 0 Å². The number of aromatic carboxylic acids is 1. The van der Waals surface area contributed by atoms with E-state index in [0.717, 1.165) is 5.56 Å². The van der Waals surface area contributed by atoms with Crippen molar-refractivity contribution >= 4 is 23.9 Å². The van der Waals surface area contributed by atoms with Crippen molar-refractivity contribution in [2.75, 3.05) is 6.54 Å². The first-order valence-corrected chi connectivity index (χ1v) is 9.71. The molecule has 0 fully saturated rings. The minimum atomic E-state index is -1.28.